The van der Waals surface area contributed by atoms with Crippen LogP contribution < -0.4 is 5.46 Å². The van der Waals surface area contributed by atoms with E-state index in [9.17, 15) is 10.0 Å². The molecule has 0 fully saturated rings. The summed E-state index contributed by atoms with van der Waals surface area (Å²) in [6.07, 6.45) is 0. The van der Waals surface area contributed by atoms with Crippen LogP contribution in [0.5, 0.6) is 0 Å². The fourth-order valence-corrected chi connectivity index (χ4v) is 3.71. The summed E-state index contributed by atoms with van der Waals surface area (Å²) in [7, 11) is -1.60. The minimum absolute atomic E-state index is 0.368. The summed E-state index contributed by atoms with van der Waals surface area (Å²) in [5.41, 5.74) is 4.69. The lowest BCUT2D eigenvalue weighted by Gasteiger charge is -2.13. The van der Waals surface area contributed by atoms with Crippen molar-refractivity contribution in [3.8, 4) is 45.3 Å². The first-order valence-electron chi connectivity index (χ1n) is 10.6. The Morgan fingerprint density at radius 2 is 0.909 bits per heavy atom. The standard InChI is InChI=1S/C27H20BN3O2/c32-28(33)22-16-17-23(19-10-4-1-5-11-19)24(18-22)27-30-25(20-12-6-2-7-13-20)29-26(31-27)21-14-8-3-9-15-21/h1-18,32-33H. The lowest BCUT2D eigenvalue weighted by Crippen LogP contribution is -2.29. The van der Waals surface area contributed by atoms with Crippen LogP contribution in [0.25, 0.3) is 45.3 Å². The van der Waals surface area contributed by atoms with E-state index in [0.717, 1.165) is 22.3 Å². The van der Waals surface area contributed by atoms with Crippen molar-refractivity contribution in [3.05, 3.63) is 109 Å². The van der Waals surface area contributed by atoms with Crippen molar-refractivity contribution in [1.82, 2.24) is 15.0 Å². The molecule has 0 saturated carbocycles. The Labute approximate surface area is 192 Å². The van der Waals surface area contributed by atoms with E-state index in [1.807, 2.05) is 97.1 Å². The van der Waals surface area contributed by atoms with Gasteiger partial charge in [-0.25, -0.2) is 15.0 Å². The molecule has 0 radical (unpaired) electrons. The highest BCUT2D eigenvalue weighted by molar-refractivity contribution is 6.58. The molecule has 0 atom stereocenters. The van der Waals surface area contributed by atoms with Crippen molar-refractivity contribution >= 4 is 12.6 Å². The molecular formula is C27H20BN3O2. The van der Waals surface area contributed by atoms with Crippen molar-refractivity contribution in [2.24, 2.45) is 0 Å². The number of nitrogens with zero attached hydrogens (tertiary/aromatic N) is 3. The molecule has 6 heteroatoms. The van der Waals surface area contributed by atoms with Crippen molar-refractivity contribution in [2.75, 3.05) is 0 Å². The molecule has 0 spiro atoms. The smallest absolute Gasteiger partial charge is 0.423 e. The summed E-state index contributed by atoms with van der Waals surface area (Å²) < 4.78 is 0. The van der Waals surface area contributed by atoms with E-state index in [2.05, 4.69) is 0 Å². The fraction of sp³-hybridized carbons (Fsp3) is 0. The van der Waals surface area contributed by atoms with E-state index in [4.69, 9.17) is 15.0 Å². The van der Waals surface area contributed by atoms with Gasteiger partial charge in [-0.15, -0.1) is 0 Å². The SMILES string of the molecule is OB(O)c1ccc(-c2ccccc2)c(-c2nc(-c3ccccc3)nc(-c3ccccc3)n2)c1. The number of rotatable bonds is 5. The lowest BCUT2D eigenvalue weighted by atomic mass is 9.78. The molecule has 33 heavy (non-hydrogen) atoms. The van der Waals surface area contributed by atoms with Gasteiger partial charge in [-0.3, -0.25) is 0 Å². The van der Waals surface area contributed by atoms with E-state index in [-0.39, 0.29) is 0 Å². The molecular weight excluding hydrogens is 409 g/mol. The topological polar surface area (TPSA) is 79.1 Å². The van der Waals surface area contributed by atoms with Crippen LogP contribution in [0.3, 0.4) is 0 Å². The van der Waals surface area contributed by atoms with E-state index in [0.29, 0.717) is 28.5 Å². The Morgan fingerprint density at radius 3 is 1.39 bits per heavy atom. The zero-order valence-corrected chi connectivity index (χ0v) is 17.7. The summed E-state index contributed by atoms with van der Waals surface area (Å²) >= 11 is 0. The monoisotopic (exact) mass is 429 g/mol. The highest BCUT2D eigenvalue weighted by atomic mass is 16.4. The normalized spacial score (nSPS) is 10.7. The van der Waals surface area contributed by atoms with Crippen molar-refractivity contribution in [1.29, 1.82) is 0 Å². The van der Waals surface area contributed by atoms with Gasteiger partial charge >= 0.3 is 7.12 Å². The summed E-state index contributed by atoms with van der Waals surface area (Å²) in [5, 5.41) is 19.6. The largest absolute Gasteiger partial charge is 0.488 e. The predicted molar refractivity (Wildman–Crippen MR) is 131 cm³/mol. The average Bonchev–Trinajstić information content (AvgIpc) is 2.89. The maximum absolute atomic E-state index is 9.82. The molecule has 2 N–H and O–H groups in total. The molecule has 158 valence electrons. The van der Waals surface area contributed by atoms with Gasteiger partial charge in [0.25, 0.3) is 0 Å². The zero-order chi connectivity index (χ0) is 22.6. The van der Waals surface area contributed by atoms with Crippen LogP contribution in [0.4, 0.5) is 0 Å². The molecule has 5 nitrogen and oxygen atoms in total. The molecule has 4 aromatic carbocycles. The van der Waals surface area contributed by atoms with Gasteiger partial charge in [0.2, 0.25) is 0 Å². The molecule has 5 aromatic rings. The minimum atomic E-state index is -1.60. The van der Waals surface area contributed by atoms with Crippen molar-refractivity contribution < 1.29 is 10.0 Å². The fourth-order valence-electron chi connectivity index (χ4n) is 3.71. The Morgan fingerprint density at radius 1 is 0.455 bits per heavy atom. The van der Waals surface area contributed by atoms with Gasteiger partial charge in [0.05, 0.1) is 0 Å². The highest BCUT2D eigenvalue weighted by Crippen LogP contribution is 2.31. The van der Waals surface area contributed by atoms with Gasteiger partial charge in [-0.05, 0) is 16.6 Å². The Kier molecular flexibility index (Phi) is 5.76. The van der Waals surface area contributed by atoms with Gasteiger partial charge in [0.15, 0.2) is 17.5 Å². The van der Waals surface area contributed by atoms with Crippen LogP contribution in [0.2, 0.25) is 0 Å². The van der Waals surface area contributed by atoms with E-state index >= 15 is 0 Å². The second-order valence-electron chi connectivity index (χ2n) is 7.58. The van der Waals surface area contributed by atoms with Gasteiger partial charge < -0.3 is 10.0 Å². The van der Waals surface area contributed by atoms with Crippen molar-refractivity contribution in [2.45, 2.75) is 0 Å². The summed E-state index contributed by atoms with van der Waals surface area (Å²) in [4.78, 5) is 14.3. The molecule has 0 saturated heterocycles. The number of benzene rings is 4. The molecule has 0 unspecified atom stereocenters. The first-order valence-corrected chi connectivity index (χ1v) is 10.6. The molecule has 1 aromatic heterocycles. The molecule has 1 heterocycles. The minimum Gasteiger partial charge on any atom is -0.423 e. The number of hydrogen-bond acceptors (Lipinski definition) is 5. The lowest BCUT2D eigenvalue weighted by molar-refractivity contribution is 0.426. The summed E-state index contributed by atoms with van der Waals surface area (Å²) in [6.45, 7) is 0. The van der Waals surface area contributed by atoms with Crippen LogP contribution in [0, 0.1) is 0 Å². The maximum atomic E-state index is 9.82. The third kappa shape index (κ3) is 4.43. The van der Waals surface area contributed by atoms with E-state index in [1.54, 1.807) is 12.1 Å². The van der Waals surface area contributed by atoms with Gasteiger partial charge in [0, 0.05) is 16.7 Å². The van der Waals surface area contributed by atoms with Gasteiger partial charge in [0.1, 0.15) is 0 Å². The second-order valence-corrected chi connectivity index (χ2v) is 7.58. The summed E-state index contributed by atoms with van der Waals surface area (Å²) in [5.74, 6) is 1.56. The average molecular weight is 429 g/mol. The molecule has 0 bridgehead atoms. The van der Waals surface area contributed by atoms with Crippen LogP contribution in [-0.2, 0) is 0 Å². The number of hydrogen-bond donors (Lipinski definition) is 2. The Balaban J connectivity index is 1.77. The van der Waals surface area contributed by atoms with Gasteiger partial charge in [-0.2, -0.15) is 0 Å². The van der Waals surface area contributed by atoms with Crippen LogP contribution in [-0.4, -0.2) is 32.1 Å². The van der Waals surface area contributed by atoms with Gasteiger partial charge in [-0.1, -0.05) is 109 Å². The molecule has 5 rings (SSSR count). The first kappa shape index (κ1) is 20.8. The van der Waals surface area contributed by atoms with E-state index < -0.39 is 7.12 Å². The van der Waals surface area contributed by atoms with Crippen LogP contribution in [0.15, 0.2) is 109 Å². The van der Waals surface area contributed by atoms with E-state index in [1.165, 1.54) is 0 Å². The molecule has 0 aliphatic rings. The third-order valence-corrected chi connectivity index (χ3v) is 5.37. The molecule has 0 aliphatic heterocycles. The quantitative estimate of drug-likeness (QED) is 0.409. The first-order chi connectivity index (χ1) is 16.2. The Hall–Kier alpha value is -4.13. The molecule has 0 amide bonds. The second kappa shape index (κ2) is 9.16. The summed E-state index contributed by atoms with van der Waals surface area (Å²) in [6, 6.07) is 34.7. The van der Waals surface area contributed by atoms with Crippen LogP contribution in [0.1, 0.15) is 0 Å². The zero-order valence-electron chi connectivity index (χ0n) is 17.7. The predicted octanol–water partition coefficient (Wildman–Crippen LogP) is 4.22. The highest BCUT2D eigenvalue weighted by Gasteiger charge is 2.19. The third-order valence-electron chi connectivity index (χ3n) is 5.37. The maximum Gasteiger partial charge on any atom is 0.488 e. The van der Waals surface area contributed by atoms with Crippen molar-refractivity contribution in [3.63, 3.8) is 0 Å². The van der Waals surface area contributed by atoms with Crippen LogP contribution >= 0.6 is 0 Å². The Bertz CT molecular complexity index is 1320. The molecule has 0 aliphatic carbocycles. The number of aromatic nitrogens is 3.